The lowest BCUT2D eigenvalue weighted by Gasteiger charge is -2.19. The summed E-state index contributed by atoms with van der Waals surface area (Å²) in [6.07, 6.45) is 13.8. The molecule has 1 aliphatic carbocycles. The standard InChI is InChI=1S/C14H28N2.C2H6O/c1-3-8-13(9-4-2)15-12-16-14-10-6-5-7-11-14;1-3-2/h12-14H,3-11H2,1-2H3,(H,15,16);1-2H3. The van der Waals surface area contributed by atoms with Gasteiger partial charge in [0.25, 0.3) is 0 Å². The van der Waals surface area contributed by atoms with Gasteiger partial charge in [-0.3, -0.25) is 4.99 Å². The fourth-order valence-electron chi connectivity index (χ4n) is 2.49. The maximum atomic E-state index is 4.65. The zero-order valence-electron chi connectivity index (χ0n) is 13.5. The highest BCUT2D eigenvalue weighted by Crippen LogP contribution is 2.19. The van der Waals surface area contributed by atoms with Gasteiger partial charge in [0, 0.05) is 20.3 Å². The molecular formula is C16H34N2O. The molecule has 3 heteroatoms. The van der Waals surface area contributed by atoms with Crippen LogP contribution in [0.25, 0.3) is 0 Å². The van der Waals surface area contributed by atoms with Crippen molar-refractivity contribution in [2.45, 2.75) is 83.7 Å². The maximum Gasteiger partial charge on any atom is 0.0829 e. The molecule has 0 heterocycles. The molecule has 1 rings (SSSR count). The van der Waals surface area contributed by atoms with Crippen LogP contribution in [0.5, 0.6) is 0 Å². The van der Waals surface area contributed by atoms with Crippen molar-refractivity contribution in [1.29, 1.82) is 0 Å². The highest BCUT2D eigenvalue weighted by Gasteiger charge is 2.11. The van der Waals surface area contributed by atoms with Crippen LogP contribution in [0.15, 0.2) is 4.99 Å². The van der Waals surface area contributed by atoms with E-state index in [1.807, 2.05) is 6.34 Å². The molecule has 0 saturated heterocycles. The van der Waals surface area contributed by atoms with Gasteiger partial charge in [-0.25, -0.2) is 0 Å². The van der Waals surface area contributed by atoms with Gasteiger partial charge in [-0.05, 0) is 25.7 Å². The van der Waals surface area contributed by atoms with Gasteiger partial charge >= 0.3 is 0 Å². The van der Waals surface area contributed by atoms with Crippen molar-refractivity contribution in [3.8, 4) is 0 Å². The van der Waals surface area contributed by atoms with E-state index < -0.39 is 0 Å². The maximum absolute atomic E-state index is 4.65. The lowest BCUT2D eigenvalue weighted by Crippen LogP contribution is -2.28. The Morgan fingerprint density at radius 2 is 1.63 bits per heavy atom. The summed E-state index contributed by atoms with van der Waals surface area (Å²) >= 11 is 0. The second-order valence-electron chi connectivity index (χ2n) is 5.42. The summed E-state index contributed by atoms with van der Waals surface area (Å²) in [6, 6.07) is 1.24. The Kier molecular flexibility index (Phi) is 13.4. The first-order valence-electron chi connectivity index (χ1n) is 7.96. The van der Waals surface area contributed by atoms with Crippen molar-refractivity contribution in [3.63, 3.8) is 0 Å². The second-order valence-corrected chi connectivity index (χ2v) is 5.42. The van der Waals surface area contributed by atoms with Crippen LogP contribution in [-0.4, -0.2) is 32.6 Å². The van der Waals surface area contributed by atoms with Gasteiger partial charge in [0.05, 0.1) is 12.4 Å². The average molecular weight is 270 g/mol. The molecule has 0 aromatic rings. The quantitative estimate of drug-likeness (QED) is 0.556. The van der Waals surface area contributed by atoms with Crippen molar-refractivity contribution < 1.29 is 4.74 Å². The molecule has 19 heavy (non-hydrogen) atoms. The van der Waals surface area contributed by atoms with E-state index in [1.54, 1.807) is 14.2 Å². The number of hydrogen-bond donors (Lipinski definition) is 1. The van der Waals surface area contributed by atoms with Gasteiger partial charge in [0.1, 0.15) is 0 Å². The first-order chi connectivity index (χ1) is 9.28. The Hall–Kier alpha value is -0.570. The van der Waals surface area contributed by atoms with Gasteiger partial charge < -0.3 is 10.1 Å². The van der Waals surface area contributed by atoms with Crippen molar-refractivity contribution in [2.75, 3.05) is 14.2 Å². The number of methoxy groups -OCH3 is 1. The van der Waals surface area contributed by atoms with Crippen molar-refractivity contribution in [1.82, 2.24) is 5.32 Å². The number of rotatable bonds is 7. The number of nitrogens with one attached hydrogen (secondary N) is 1. The number of nitrogens with zero attached hydrogens (tertiary/aromatic N) is 1. The van der Waals surface area contributed by atoms with Gasteiger partial charge in [-0.1, -0.05) is 46.0 Å². The van der Waals surface area contributed by atoms with E-state index in [2.05, 4.69) is 28.9 Å². The van der Waals surface area contributed by atoms with Gasteiger partial charge in [0.2, 0.25) is 0 Å². The Labute approximate surface area is 120 Å². The molecular weight excluding hydrogens is 236 g/mol. The van der Waals surface area contributed by atoms with Crippen molar-refractivity contribution in [3.05, 3.63) is 0 Å². The molecule has 1 saturated carbocycles. The summed E-state index contributed by atoms with van der Waals surface area (Å²) in [7, 11) is 3.25. The fourth-order valence-corrected chi connectivity index (χ4v) is 2.49. The lowest BCUT2D eigenvalue weighted by molar-refractivity contribution is 0.277. The lowest BCUT2D eigenvalue weighted by atomic mass is 9.96. The summed E-state index contributed by atoms with van der Waals surface area (Å²) in [5.41, 5.74) is 0. The zero-order valence-corrected chi connectivity index (χ0v) is 13.5. The highest BCUT2D eigenvalue weighted by molar-refractivity contribution is 5.55. The first-order valence-corrected chi connectivity index (χ1v) is 7.96. The van der Waals surface area contributed by atoms with Crippen LogP contribution in [0.4, 0.5) is 0 Å². The predicted octanol–water partition coefficient (Wildman–Crippen LogP) is 4.17. The molecule has 0 amide bonds. The molecule has 1 aliphatic rings. The molecule has 114 valence electrons. The summed E-state index contributed by atoms with van der Waals surface area (Å²) in [5.74, 6) is 0. The largest absolute Gasteiger partial charge is 0.388 e. The van der Waals surface area contributed by atoms with Crippen molar-refractivity contribution >= 4 is 6.34 Å². The van der Waals surface area contributed by atoms with E-state index in [9.17, 15) is 0 Å². The van der Waals surface area contributed by atoms with E-state index in [0.717, 1.165) is 0 Å². The predicted molar refractivity (Wildman–Crippen MR) is 85.0 cm³/mol. The molecule has 1 fully saturated rings. The SMILES string of the molecule is CCCC(CCC)NC=NC1CCCCC1.COC. The minimum Gasteiger partial charge on any atom is -0.388 e. The van der Waals surface area contributed by atoms with Gasteiger partial charge in [0.15, 0.2) is 0 Å². The fraction of sp³-hybridized carbons (Fsp3) is 0.938. The van der Waals surface area contributed by atoms with E-state index in [4.69, 9.17) is 0 Å². The Morgan fingerprint density at radius 3 is 2.11 bits per heavy atom. The Balaban J connectivity index is 0.000000982. The second kappa shape index (κ2) is 13.9. The Morgan fingerprint density at radius 1 is 1.11 bits per heavy atom. The number of aliphatic imine (C=N–C) groups is 1. The molecule has 0 spiro atoms. The zero-order chi connectivity index (χ0) is 14.3. The third-order valence-corrected chi connectivity index (χ3v) is 3.44. The number of hydrogen-bond acceptors (Lipinski definition) is 2. The van der Waals surface area contributed by atoms with Crippen LogP contribution in [0.2, 0.25) is 0 Å². The highest BCUT2D eigenvalue weighted by atomic mass is 16.4. The van der Waals surface area contributed by atoms with Crippen LogP contribution < -0.4 is 5.32 Å². The van der Waals surface area contributed by atoms with Crippen LogP contribution in [-0.2, 0) is 4.74 Å². The Bertz CT molecular complexity index is 195. The van der Waals surface area contributed by atoms with Crippen LogP contribution >= 0.6 is 0 Å². The van der Waals surface area contributed by atoms with Crippen molar-refractivity contribution in [2.24, 2.45) is 4.99 Å². The summed E-state index contributed by atoms with van der Waals surface area (Å²) < 4.78 is 4.25. The molecule has 1 N–H and O–H groups in total. The average Bonchev–Trinajstić information content (AvgIpc) is 2.41. The van der Waals surface area contributed by atoms with E-state index in [1.165, 1.54) is 57.8 Å². The molecule has 0 unspecified atom stereocenters. The third kappa shape index (κ3) is 11.0. The monoisotopic (exact) mass is 270 g/mol. The van der Waals surface area contributed by atoms with Crippen LogP contribution in [0.1, 0.15) is 71.6 Å². The van der Waals surface area contributed by atoms with E-state index in [-0.39, 0.29) is 0 Å². The number of ether oxygens (including phenoxy) is 1. The molecule has 3 nitrogen and oxygen atoms in total. The molecule has 0 aliphatic heterocycles. The summed E-state index contributed by atoms with van der Waals surface area (Å²) in [6.45, 7) is 4.51. The molecule has 0 radical (unpaired) electrons. The normalized spacial score (nSPS) is 16.5. The summed E-state index contributed by atoms with van der Waals surface area (Å²) in [5, 5.41) is 3.48. The first kappa shape index (κ1) is 18.4. The summed E-state index contributed by atoms with van der Waals surface area (Å²) in [4.78, 5) is 4.65. The van der Waals surface area contributed by atoms with Gasteiger partial charge in [-0.15, -0.1) is 0 Å². The van der Waals surface area contributed by atoms with Crippen LogP contribution in [0.3, 0.4) is 0 Å². The molecule has 0 aromatic heterocycles. The third-order valence-electron chi connectivity index (χ3n) is 3.44. The molecule has 0 atom stereocenters. The minimum absolute atomic E-state index is 0.602. The van der Waals surface area contributed by atoms with E-state index in [0.29, 0.717) is 12.1 Å². The van der Waals surface area contributed by atoms with Gasteiger partial charge in [-0.2, -0.15) is 0 Å². The molecule has 0 bridgehead atoms. The van der Waals surface area contributed by atoms with Crippen LogP contribution in [0, 0.1) is 0 Å². The molecule has 0 aromatic carbocycles. The van der Waals surface area contributed by atoms with E-state index >= 15 is 0 Å². The minimum atomic E-state index is 0.602. The topological polar surface area (TPSA) is 33.6 Å². The smallest absolute Gasteiger partial charge is 0.0829 e.